The van der Waals surface area contributed by atoms with Gasteiger partial charge in [0.05, 0.1) is 11.8 Å². The number of nitrogens with one attached hydrogen (secondary N) is 3. The van der Waals surface area contributed by atoms with Gasteiger partial charge >= 0.3 is 6.09 Å². The summed E-state index contributed by atoms with van der Waals surface area (Å²) in [6, 6.07) is 6.31. The van der Waals surface area contributed by atoms with Crippen LogP contribution < -0.4 is 10.6 Å². The normalized spacial score (nSPS) is 9.78. The molecule has 0 unspecified atom stereocenters. The van der Waals surface area contributed by atoms with Gasteiger partial charge < -0.3 is 10.4 Å². The number of carbonyl (C=O) groups is 2. The molecule has 1 aromatic carbocycles. The number of amides is 2. The van der Waals surface area contributed by atoms with Gasteiger partial charge in [0.1, 0.15) is 0 Å². The van der Waals surface area contributed by atoms with Gasteiger partial charge in [-0.15, -0.1) is 0 Å². The lowest BCUT2D eigenvalue weighted by Crippen LogP contribution is -2.11. The predicted octanol–water partition coefficient (Wildman–Crippen LogP) is 1.75. The number of carboxylic acid groups (broad SMARTS) is 1. The van der Waals surface area contributed by atoms with E-state index in [1.165, 1.54) is 12.4 Å². The smallest absolute Gasteiger partial charge is 0.409 e. The molecule has 0 radical (unpaired) electrons. The molecule has 7 heteroatoms. The number of benzene rings is 1. The first-order valence-corrected chi connectivity index (χ1v) is 5.05. The molecule has 2 amide bonds. The molecule has 2 aromatic rings. The lowest BCUT2D eigenvalue weighted by atomic mass is 10.2. The second-order valence-corrected chi connectivity index (χ2v) is 3.45. The number of nitrogens with zero attached hydrogens (tertiary/aromatic N) is 1. The van der Waals surface area contributed by atoms with Gasteiger partial charge in [-0.25, -0.2) is 4.79 Å². The highest BCUT2D eigenvalue weighted by molar-refractivity contribution is 6.04. The first-order valence-electron chi connectivity index (χ1n) is 5.05. The van der Waals surface area contributed by atoms with Crippen molar-refractivity contribution in [2.75, 3.05) is 10.6 Å². The molecule has 0 atom stereocenters. The molecule has 18 heavy (non-hydrogen) atoms. The Bertz CT molecular complexity index is 548. The third-order valence-corrected chi connectivity index (χ3v) is 2.15. The molecular weight excluding hydrogens is 236 g/mol. The average Bonchev–Trinajstić information content (AvgIpc) is 2.84. The molecule has 0 saturated heterocycles. The van der Waals surface area contributed by atoms with Crippen LogP contribution in [0.15, 0.2) is 36.7 Å². The number of hydrogen-bond donors (Lipinski definition) is 4. The van der Waals surface area contributed by atoms with Gasteiger partial charge in [-0.1, -0.05) is 0 Å². The van der Waals surface area contributed by atoms with E-state index in [-0.39, 0.29) is 5.91 Å². The molecule has 1 heterocycles. The highest BCUT2D eigenvalue weighted by Gasteiger charge is 2.06. The van der Waals surface area contributed by atoms with Crippen LogP contribution in [0.25, 0.3) is 0 Å². The Labute approximate surface area is 102 Å². The van der Waals surface area contributed by atoms with Crippen LogP contribution in [0, 0.1) is 0 Å². The van der Waals surface area contributed by atoms with Gasteiger partial charge in [-0.05, 0) is 24.3 Å². The molecular formula is C11H10N4O3. The summed E-state index contributed by atoms with van der Waals surface area (Å²) < 4.78 is 0. The number of anilines is 2. The van der Waals surface area contributed by atoms with Gasteiger partial charge in [-0.3, -0.25) is 15.2 Å². The van der Waals surface area contributed by atoms with E-state index in [0.29, 0.717) is 16.9 Å². The van der Waals surface area contributed by atoms with Crippen molar-refractivity contribution < 1.29 is 14.7 Å². The summed E-state index contributed by atoms with van der Waals surface area (Å²) >= 11 is 0. The quantitative estimate of drug-likeness (QED) is 0.661. The summed E-state index contributed by atoms with van der Waals surface area (Å²) in [4.78, 5) is 22.1. The summed E-state index contributed by atoms with van der Waals surface area (Å²) in [5.74, 6) is -0.289. The molecule has 7 nitrogen and oxygen atoms in total. The van der Waals surface area contributed by atoms with Crippen molar-refractivity contribution in [3.8, 4) is 0 Å². The zero-order chi connectivity index (χ0) is 13.0. The Kier molecular flexibility index (Phi) is 3.24. The van der Waals surface area contributed by atoms with Gasteiger partial charge in [0.25, 0.3) is 5.91 Å². The zero-order valence-electron chi connectivity index (χ0n) is 9.18. The summed E-state index contributed by atoms with van der Waals surface area (Å²) in [6.07, 6.45) is 1.76. The molecule has 92 valence electrons. The van der Waals surface area contributed by atoms with E-state index in [4.69, 9.17) is 5.11 Å². The predicted molar refractivity (Wildman–Crippen MR) is 64.6 cm³/mol. The molecule has 4 N–H and O–H groups in total. The highest BCUT2D eigenvalue weighted by atomic mass is 16.4. The number of H-pyrrole nitrogens is 1. The van der Waals surface area contributed by atoms with E-state index in [1.54, 1.807) is 24.3 Å². The van der Waals surface area contributed by atoms with Crippen molar-refractivity contribution in [1.29, 1.82) is 0 Å². The van der Waals surface area contributed by atoms with Crippen LogP contribution in [0.1, 0.15) is 10.4 Å². The molecule has 0 aliphatic carbocycles. The third kappa shape index (κ3) is 2.85. The van der Waals surface area contributed by atoms with Crippen LogP contribution in [0.3, 0.4) is 0 Å². The Balaban J connectivity index is 2.02. The summed E-state index contributed by atoms with van der Waals surface area (Å²) in [5, 5.41) is 19.6. The molecule has 0 aliphatic heterocycles. The maximum atomic E-state index is 11.7. The lowest BCUT2D eigenvalue weighted by molar-refractivity contribution is 0.102. The van der Waals surface area contributed by atoms with Gasteiger partial charge in [0.2, 0.25) is 0 Å². The van der Waals surface area contributed by atoms with Crippen LogP contribution >= 0.6 is 0 Å². The molecule has 2 rings (SSSR count). The fraction of sp³-hybridized carbons (Fsp3) is 0. The fourth-order valence-corrected chi connectivity index (χ4v) is 1.34. The highest BCUT2D eigenvalue weighted by Crippen LogP contribution is 2.14. The van der Waals surface area contributed by atoms with Crippen molar-refractivity contribution in [2.24, 2.45) is 0 Å². The van der Waals surface area contributed by atoms with E-state index < -0.39 is 6.09 Å². The number of aromatic amines is 1. The maximum Gasteiger partial charge on any atom is 0.409 e. The Morgan fingerprint density at radius 1 is 1.11 bits per heavy atom. The lowest BCUT2D eigenvalue weighted by Gasteiger charge is -2.05. The molecule has 0 fully saturated rings. The van der Waals surface area contributed by atoms with Crippen LogP contribution in [0.4, 0.5) is 16.2 Å². The van der Waals surface area contributed by atoms with E-state index in [9.17, 15) is 9.59 Å². The van der Waals surface area contributed by atoms with Crippen molar-refractivity contribution in [2.45, 2.75) is 0 Å². The van der Waals surface area contributed by atoms with E-state index in [1.807, 2.05) is 0 Å². The van der Waals surface area contributed by atoms with Crippen LogP contribution in [0.5, 0.6) is 0 Å². The largest absolute Gasteiger partial charge is 0.465 e. The van der Waals surface area contributed by atoms with Crippen molar-refractivity contribution in [3.63, 3.8) is 0 Å². The van der Waals surface area contributed by atoms with Gasteiger partial charge in [-0.2, -0.15) is 5.10 Å². The summed E-state index contributed by atoms with van der Waals surface area (Å²) in [7, 11) is 0. The van der Waals surface area contributed by atoms with Crippen molar-refractivity contribution in [1.82, 2.24) is 10.2 Å². The van der Waals surface area contributed by atoms with E-state index >= 15 is 0 Å². The fourth-order valence-electron chi connectivity index (χ4n) is 1.34. The number of carbonyl (C=O) groups excluding carboxylic acids is 1. The minimum absolute atomic E-state index is 0.289. The third-order valence-electron chi connectivity index (χ3n) is 2.15. The number of hydrogen-bond acceptors (Lipinski definition) is 3. The second-order valence-electron chi connectivity index (χ2n) is 3.45. The van der Waals surface area contributed by atoms with E-state index in [0.717, 1.165) is 0 Å². The Hall–Kier alpha value is -2.83. The first-order chi connectivity index (χ1) is 8.65. The standard InChI is InChI=1S/C11H10N4O3/c16-10(7-5-12-13-6-7)14-8-1-3-9(4-2-8)15-11(17)18/h1-6,15H,(H,12,13)(H,14,16)(H,17,18). The van der Waals surface area contributed by atoms with Gasteiger partial charge in [0, 0.05) is 17.6 Å². The number of rotatable bonds is 3. The molecule has 0 bridgehead atoms. The van der Waals surface area contributed by atoms with Crippen LogP contribution in [0.2, 0.25) is 0 Å². The molecule has 0 spiro atoms. The van der Waals surface area contributed by atoms with Crippen molar-refractivity contribution >= 4 is 23.4 Å². The van der Waals surface area contributed by atoms with Crippen LogP contribution in [-0.2, 0) is 0 Å². The Morgan fingerprint density at radius 2 is 1.72 bits per heavy atom. The molecule has 0 aliphatic rings. The summed E-state index contributed by atoms with van der Waals surface area (Å²) in [5.41, 5.74) is 1.42. The second kappa shape index (κ2) is 5.00. The van der Waals surface area contributed by atoms with Gasteiger partial charge in [0.15, 0.2) is 0 Å². The van der Waals surface area contributed by atoms with E-state index in [2.05, 4.69) is 20.8 Å². The van der Waals surface area contributed by atoms with Crippen LogP contribution in [-0.4, -0.2) is 27.3 Å². The monoisotopic (exact) mass is 246 g/mol. The molecule has 1 aromatic heterocycles. The SMILES string of the molecule is O=C(O)Nc1ccc(NC(=O)c2cn[nH]c2)cc1. The molecule has 0 saturated carbocycles. The van der Waals surface area contributed by atoms with Crippen molar-refractivity contribution in [3.05, 3.63) is 42.2 Å². The number of aromatic nitrogens is 2. The summed E-state index contributed by atoms with van der Waals surface area (Å²) in [6.45, 7) is 0. The first kappa shape index (κ1) is 11.6. The average molecular weight is 246 g/mol. The minimum atomic E-state index is -1.13. The Morgan fingerprint density at radius 3 is 2.22 bits per heavy atom. The maximum absolute atomic E-state index is 11.7. The topological polar surface area (TPSA) is 107 Å². The minimum Gasteiger partial charge on any atom is -0.465 e. The zero-order valence-corrected chi connectivity index (χ0v) is 9.18.